The monoisotopic (exact) mass is 251 g/mol. The molecule has 1 amide bonds. The predicted molar refractivity (Wildman–Crippen MR) is 70.6 cm³/mol. The molecule has 4 nitrogen and oxygen atoms in total. The van der Waals surface area contributed by atoms with Crippen LogP contribution in [0.3, 0.4) is 0 Å². The minimum absolute atomic E-state index is 0.0230. The number of hydrogen-bond donors (Lipinski definition) is 1. The van der Waals surface area contributed by atoms with Gasteiger partial charge in [0.05, 0.1) is 25.7 Å². The van der Waals surface area contributed by atoms with E-state index in [1.165, 1.54) is 0 Å². The van der Waals surface area contributed by atoms with Crippen LogP contribution in [-0.2, 0) is 4.79 Å². The second kappa shape index (κ2) is 7.01. The van der Waals surface area contributed by atoms with Crippen molar-refractivity contribution < 1.29 is 14.6 Å². The second-order valence-corrected chi connectivity index (χ2v) is 4.40. The number of para-hydroxylation sites is 1. The molecule has 100 valence electrons. The van der Waals surface area contributed by atoms with Crippen molar-refractivity contribution in [1.29, 1.82) is 0 Å². The van der Waals surface area contributed by atoms with Gasteiger partial charge in [0.2, 0.25) is 5.91 Å². The van der Waals surface area contributed by atoms with Gasteiger partial charge in [0.1, 0.15) is 5.75 Å². The van der Waals surface area contributed by atoms with Crippen molar-refractivity contribution in [2.24, 2.45) is 0 Å². The lowest BCUT2D eigenvalue weighted by Crippen LogP contribution is -2.37. The minimum atomic E-state index is -0.157. The highest BCUT2D eigenvalue weighted by Gasteiger charge is 2.14. The molecule has 1 unspecified atom stereocenters. The highest BCUT2D eigenvalue weighted by Crippen LogP contribution is 2.16. The third-order valence-electron chi connectivity index (χ3n) is 2.99. The summed E-state index contributed by atoms with van der Waals surface area (Å²) in [5.41, 5.74) is 1.06. The lowest BCUT2D eigenvalue weighted by molar-refractivity contribution is -0.132. The molecule has 1 aromatic rings. The number of amides is 1. The Kier molecular flexibility index (Phi) is 5.65. The number of aliphatic hydroxyl groups is 1. The summed E-state index contributed by atoms with van der Waals surface area (Å²) in [5.74, 6) is 0.785. The van der Waals surface area contributed by atoms with Gasteiger partial charge in [0.15, 0.2) is 0 Å². The maximum absolute atomic E-state index is 11.8. The molecule has 1 atom stereocenters. The van der Waals surface area contributed by atoms with Gasteiger partial charge < -0.3 is 14.7 Å². The Morgan fingerprint density at radius 1 is 1.44 bits per heavy atom. The molecular weight excluding hydrogens is 230 g/mol. The number of rotatable bonds is 6. The van der Waals surface area contributed by atoms with Gasteiger partial charge in [-0.1, -0.05) is 18.2 Å². The van der Waals surface area contributed by atoms with Gasteiger partial charge in [-0.15, -0.1) is 0 Å². The van der Waals surface area contributed by atoms with Crippen LogP contribution in [0, 0.1) is 6.92 Å². The summed E-state index contributed by atoms with van der Waals surface area (Å²) in [6.45, 7) is 4.10. The van der Waals surface area contributed by atoms with Crippen molar-refractivity contribution in [3.8, 4) is 5.75 Å². The highest BCUT2D eigenvalue weighted by atomic mass is 16.5. The number of carbonyl (C=O) groups excluding carboxylic acids is 1. The summed E-state index contributed by atoms with van der Waals surface area (Å²) in [7, 11) is 1.69. The van der Waals surface area contributed by atoms with Gasteiger partial charge in [-0.3, -0.25) is 4.79 Å². The van der Waals surface area contributed by atoms with Crippen molar-refractivity contribution in [3.63, 3.8) is 0 Å². The first-order chi connectivity index (χ1) is 8.56. The third-order valence-corrected chi connectivity index (χ3v) is 2.99. The number of aryl methyl sites for hydroxylation is 1. The summed E-state index contributed by atoms with van der Waals surface area (Å²) in [6, 6.07) is 7.56. The number of ether oxygens (including phenoxy) is 1. The molecule has 4 heteroatoms. The van der Waals surface area contributed by atoms with Crippen LogP contribution in [0.2, 0.25) is 0 Å². The van der Waals surface area contributed by atoms with E-state index in [1.807, 2.05) is 31.2 Å². The first-order valence-corrected chi connectivity index (χ1v) is 6.11. The topological polar surface area (TPSA) is 49.8 Å². The average Bonchev–Trinajstić information content (AvgIpc) is 2.39. The fraction of sp³-hybridized carbons (Fsp3) is 0.500. The zero-order valence-corrected chi connectivity index (χ0v) is 11.2. The minimum Gasteiger partial charge on any atom is -0.493 e. The largest absolute Gasteiger partial charge is 0.493 e. The van der Waals surface area contributed by atoms with E-state index >= 15 is 0 Å². The summed E-state index contributed by atoms with van der Waals surface area (Å²) in [4.78, 5) is 13.3. The van der Waals surface area contributed by atoms with Crippen LogP contribution < -0.4 is 4.74 Å². The fourth-order valence-corrected chi connectivity index (χ4v) is 1.51. The Morgan fingerprint density at radius 2 is 2.11 bits per heavy atom. The van der Waals surface area contributed by atoms with Crippen molar-refractivity contribution in [3.05, 3.63) is 29.8 Å². The summed E-state index contributed by atoms with van der Waals surface area (Å²) in [6.07, 6.45) is 0.315. The number of likely N-dealkylation sites (N-methyl/N-ethyl adjacent to an activating group) is 1. The lowest BCUT2D eigenvalue weighted by Gasteiger charge is -2.23. The maximum atomic E-state index is 11.8. The standard InChI is InChI=1S/C14H21NO3/c1-11-6-4-5-7-13(11)18-9-8-14(17)15(3)12(2)10-16/h4-7,12,16H,8-10H2,1-3H3. The molecule has 0 radical (unpaired) electrons. The van der Waals surface area contributed by atoms with E-state index in [0.717, 1.165) is 11.3 Å². The molecule has 0 saturated heterocycles. The van der Waals surface area contributed by atoms with Crippen molar-refractivity contribution in [2.75, 3.05) is 20.3 Å². The Labute approximate surface area is 108 Å². The molecule has 0 fully saturated rings. The zero-order valence-electron chi connectivity index (χ0n) is 11.2. The van der Waals surface area contributed by atoms with E-state index in [0.29, 0.717) is 13.0 Å². The van der Waals surface area contributed by atoms with Crippen LogP contribution in [-0.4, -0.2) is 42.2 Å². The van der Waals surface area contributed by atoms with Crippen LogP contribution in [0.5, 0.6) is 5.75 Å². The first kappa shape index (κ1) is 14.5. The van der Waals surface area contributed by atoms with Crippen LogP contribution in [0.1, 0.15) is 18.9 Å². The molecule has 18 heavy (non-hydrogen) atoms. The van der Waals surface area contributed by atoms with Crippen molar-refractivity contribution in [1.82, 2.24) is 4.90 Å². The van der Waals surface area contributed by atoms with E-state index < -0.39 is 0 Å². The van der Waals surface area contributed by atoms with Gasteiger partial charge in [-0.25, -0.2) is 0 Å². The molecule has 1 N–H and O–H groups in total. The molecule has 0 spiro atoms. The number of hydrogen-bond acceptors (Lipinski definition) is 3. The SMILES string of the molecule is Cc1ccccc1OCCC(=O)N(C)C(C)CO. The molecule has 0 aliphatic carbocycles. The van der Waals surface area contributed by atoms with Crippen molar-refractivity contribution >= 4 is 5.91 Å². The molecule has 1 rings (SSSR count). The molecule has 0 saturated carbocycles. The van der Waals surface area contributed by atoms with Gasteiger partial charge in [-0.2, -0.15) is 0 Å². The summed E-state index contributed by atoms with van der Waals surface area (Å²) < 4.78 is 5.56. The number of carbonyl (C=O) groups is 1. The maximum Gasteiger partial charge on any atom is 0.226 e. The van der Waals surface area contributed by atoms with E-state index in [2.05, 4.69) is 0 Å². The number of aliphatic hydroxyl groups excluding tert-OH is 1. The van der Waals surface area contributed by atoms with Crippen LogP contribution >= 0.6 is 0 Å². The number of benzene rings is 1. The Balaban J connectivity index is 2.38. The van der Waals surface area contributed by atoms with E-state index in [-0.39, 0.29) is 18.6 Å². The summed E-state index contributed by atoms with van der Waals surface area (Å²) in [5, 5.41) is 8.97. The quantitative estimate of drug-likeness (QED) is 0.835. The predicted octanol–water partition coefficient (Wildman–Crippen LogP) is 1.60. The average molecular weight is 251 g/mol. The number of nitrogens with zero attached hydrogens (tertiary/aromatic N) is 1. The zero-order chi connectivity index (χ0) is 13.5. The molecule has 0 aliphatic heterocycles. The first-order valence-electron chi connectivity index (χ1n) is 6.11. The molecule has 0 bridgehead atoms. The van der Waals surface area contributed by atoms with Crippen LogP contribution in [0.25, 0.3) is 0 Å². The van der Waals surface area contributed by atoms with Gasteiger partial charge in [0.25, 0.3) is 0 Å². The van der Waals surface area contributed by atoms with E-state index in [9.17, 15) is 4.79 Å². The smallest absolute Gasteiger partial charge is 0.226 e. The fourth-order valence-electron chi connectivity index (χ4n) is 1.51. The Bertz CT molecular complexity index is 392. The molecule has 1 aromatic carbocycles. The summed E-state index contributed by atoms with van der Waals surface area (Å²) >= 11 is 0. The van der Waals surface area contributed by atoms with Gasteiger partial charge in [0, 0.05) is 7.05 Å². The van der Waals surface area contributed by atoms with Gasteiger partial charge >= 0.3 is 0 Å². The Morgan fingerprint density at radius 3 is 2.72 bits per heavy atom. The van der Waals surface area contributed by atoms with Crippen molar-refractivity contribution in [2.45, 2.75) is 26.3 Å². The Hall–Kier alpha value is -1.55. The lowest BCUT2D eigenvalue weighted by atomic mass is 10.2. The van der Waals surface area contributed by atoms with E-state index in [4.69, 9.17) is 9.84 Å². The highest BCUT2D eigenvalue weighted by molar-refractivity contribution is 5.76. The second-order valence-electron chi connectivity index (χ2n) is 4.40. The normalized spacial score (nSPS) is 12.0. The van der Waals surface area contributed by atoms with E-state index in [1.54, 1.807) is 18.9 Å². The van der Waals surface area contributed by atoms with Crippen LogP contribution in [0.4, 0.5) is 0 Å². The molecule has 0 heterocycles. The van der Waals surface area contributed by atoms with Crippen LogP contribution in [0.15, 0.2) is 24.3 Å². The third kappa shape index (κ3) is 4.04. The van der Waals surface area contributed by atoms with Gasteiger partial charge in [-0.05, 0) is 25.5 Å². The molecular formula is C14H21NO3. The molecule has 0 aromatic heterocycles. The molecule has 0 aliphatic rings.